The number of carboxylic acids is 1. The third kappa shape index (κ3) is 4.95. The van der Waals surface area contributed by atoms with Gasteiger partial charge in [-0.3, -0.25) is 0 Å². The standard InChI is InChI=1S/C15H20F3NO2/c1-4-9(2)7-10(3)19-11-5-6-12(14(20)21)13(8-11)15(16,17)18/h5-6,8-10,19H,4,7H2,1-3H3,(H,20,21). The predicted octanol–water partition coefficient (Wildman–Crippen LogP) is 4.64. The molecule has 118 valence electrons. The van der Waals surface area contributed by atoms with Crippen LogP contribution in [0.2, 0.25) is 0 Å². The molecule has 0 aliphatic carbocycles. The summed E-state index contributed by atoms with van der Waals surface area (Å²) < 4.78 is 38.7. The minimum atomic E-state index is -4.69. The van der Waals surface area contributed by atoms with Crippen molar-refractivity contribution in [1.29, 1.82) is 0 Å². The van der Waals surface area contributed by atoms with Gasteiger partial charge in [0.1, 0.15) is 0 Å². The van der Waals surface area contributed by atoms with Gasteiger partial charge in [0.25, 0.3) is 0 Å². The van der Waals surface area contributed by atoms with Crippen molar-refractivity contribution in [1.82, 2.24) is 0 Å². The van der Waals surface area contributed by atoms with E-state index in [0.29, 0.717) is 5.92 Å². The monoisotopic (exact) mass is 303 g/mol. The summed E-state index contributed by atoms with van der Waals surface area (Å²) in [6.45, 7) is 6.03. The zero-order valence-corrected chi connectivity index (χ0v) is 12.3. The van der Waals surface area contributed by atoms with E-state index in [9.17, 15) is 18.0 Å². The molecule has 2 atom stereocenters. The van der Waals surface area contributed by atoms with Gasteiger partial charge in [0.2, 0.25) is 0 Å². The van der Waals surface area contributed by atoms with Crippen LogP contribution in [-0.4, -0.2) is 17.1 Å². The molecule has 0 aliphatic heterocycles. The number of hydrogen-bond donors (Lipinski definition) is 2. The number of hydrogen-bond acceptors (Lipinski definition) is 2. The van der Waals surface area contributed by atoms with Gasteiger partial charge in [0.15, 0.2) is 0 Å². The highest BCUT2D eigenvalue weighted by molar-refractivity contribution is 5.90. The molecular weight excluding hydrogens is 283 g/mol. The van der Waals surface area contributed by atoms with E-state index in [2.05, 4.69) is 19.2 Å². The van der Waals surface area contributed by atoms with E-state index in [-0.39, 0.29) is 11.7 Å². The van der Waals surface area contributed by atoms with Gasteiger partial charge < -0.3 is 10.4 Å². The molecule has 0 spiro atoms. The van der Waals surface area contributed by atoms with Crippen LogP contribution >= 0.6 is 0 Å². The van der Waals surface area contributed by atoms with Crippen molar-refractivity contribution in [3.05, 3.63) is 29.3 Å². The van der Waals surface area contributed by atoms with E-state index >= 15 is 0 Å². The number of aromatic carboxylic acids is 1. The van der Waals surface area contributed by atoms with Gasteiger partial charge in [0, 0.05) is 11.7 Å². The molecule has 2 unspecified atom stereocenters. The first-order valence-electron chi connectivity index (χ1n) is 6.86. The number of carboxylic acid groups (broad SMARTS) is 1. The smallest absolute Gasteiger partial charge is 0.417 e. The molecule has 1 aromatic carbocycles. The lowest BCUT2D eigenvalue weighted by Gasteiger charge is -2.20. The van der Waals surface area contributed by atoms with Crippen LogP contribution in [0, 0.1) is 5.92 Å². The summed E-state index contributed by atoms with van der Waals surface area (Å²) in [5.41, 5.74) is -1.58. The Labute approximate surface area is 122 Å². The average Bonchev–Trinajstić information content (AvgIpc) is 2.36. The summed E-state index contributed by atoms with van der Waals surface area (Å²) in [5, 5.41) is 11.8. The number of alkyl halides is 3. The lowest BCUT2D eigenvalue weighted by molar-refractivity contribution is -0.138. The van der Waals surface area contributed by atoms with Crippen molar-refractivity contribution in [3.8, 4) is 0 Å². The molecular formula is C15H20F3NO2. The van der Waals surface area contributed by atoms with Crippen LogP contribution < -0.4 is 5.32 Å². The Bertz CT molecular complexity index is 500. The minimum Gasteiger partial charge on any atom is -0.478 e. The normalized spacial score (nSPS) is 14.6. The highest BCUT2D eigenvalue weighted by Gasteiger charge is 2.35. The predicted molar refractivity (Wildman–Crippen MR) is 75.6 cm³/mol. The Morgan fingerprint density at radius 1 is 1.33 bits per heavy atom. The molecule has 0 fully saturated rings. The first-order chi connectivity index (χ1) is 9.65. The molecule has 0 aliphatic rings. The first-order valence-corrected chi connectivity index (χ1v) is 6.86. The van der Waals surface area contributed by atoms with Gasteiger partial charge in [-0.2, -0.15) is 13.2 Å². The quantitative estimate of drug-likeness (QED) is 0.805. The molecule has 2 N–H and O–H groups in total. The van der Waals surface area contributed by atoms with Gasteiger partial charge in [0.05, 0.1) is 11.1 Å². The van der Waals surface area contributed by atoms with E-state index in [1.54, 1.807) is 0 Å². The first kappa shape index (κ1) is 17.3. The molecule has 3 nitrogen and oxygen atoms in total. The van der Waals surface area contributed by atoms with Crippen LogP contribution in [0.25, 0.3) is 0 Å². The van der Waals surface area contributed by atoms with Gasteiger partial charge in [-0.05, 0) is 37.5 Å². The molecule has 0 aromatic heterocycles. The second-order valence-corrected chi connectivity index (χ2v) is 5.36. The van der Waals surface area contributed by atoms with Gasteiger partial charge in [-0.15, -0.1) is 0 Å². The zero-order valence-electron chi connectivity index (χ0n) is 12.3. The van der Waals surface area contributed by atoms with Crippen LogP contribution in [0.3, 0.4) is 0 Å². The summed E-state index contributed by atoms with van der Waals surface area (Å²) in [5.74, 6) is -1.12. The van der Waals surface area contributed by atoms with E-state index in [4.69, 9.17) is 5.11 Å². The molecule has 0 radical (unpaired) electrons. The number of halogens is 3. The molecule has 0 amide bonds. The Morgan fingerprint density at radius 3 is 2.43 bits per heavy atom. The van der Waals surface area contributed by atoms with Crippen molar-refractivity contribution < 1.29 is 23.1 Å². The summed E-state index contributed by atoms with van der Waals surface area (Å²) in [4.78, 5) is 10.9. The minimum absolute atomic E-state index is 0.0108. The van der Waals surface area contributed by atoms with Crippen molar-refractivity contribution in [2.75, 3.05) is 5.32 Å². The highest BCUT2D eigenvalue weighted by atomic mass is 19.4. The van der Waals surface area contributed by atoms with Gasteiger partial charge in [-0.25, -0.2) is 4.79 Å². The third-order valence-corrected chi connectivity index (χ3v) is 3.42. The van der Waals surface area contributed by atoms with Gasteiger partial charge >= 0.3 is 12.1 Å². The Balaban J connectivity index is 2.98. The Morgan fingerprint density at radius 2 is 1.95 bits per heavy atom. The van der Waals surface area contributed by atoms with Crippen LogP contribution in [-0.2, 0) is 6.18 Å². The molecule has 0 heterocycles. The second-order valence-electron chi connectivity index (χ2n) is 5.36. The fraction of sp³-hybridized carbons (Fsp3) is 0.533. The number of benzene rings is 1. The Kier molecular flexibility index (Phi) is 5.63. The summed E-state index contributed by atoms with van der Waals surface area (Å²) in [6, 6.07) is 3.22. The second kappa shape index (κ2) is 6.83. The Hall–Kier alpha value is -1.72. The lowest BCUT2D eigenvalue weighted by atomic mass is 10.00. The maximum absolute atomic E-state index is 12.9. The van der Waals surface area contributed by atoms with Crippen molar-refractivity contribution in [2.24, 2.45) is 5.92 Å². The molecule has 6 heteroatoms. The number of carbonyl (C=O) groups is 1. The maximum atomic E-state index is 12.9. The third-order valence-electron chi connectivity index (χ3n) is 3.42. The van der Waals surface area contributed by atoms with Crippen LogP contribution in [0.5, 0.6) is 0 Å². The van der Waals surface area contributed by atoms with Crippen LogP contribution in [0.4, 0.5) is 18.9 Å². The van der Waals surface area contributed by atoms with Gasteiger partial charge in [-0.1, -0.05) is 20.3 Å². The molecule has 1 rings (SSSR count). The fourth-order valence-electron chi connectivity index (χ4n) is 2.17. The topological polar surface area (TPSA) is 49.3 Å². The van der Waals surface area contributed by atoms with Crippen molar-refractivity contribution in [2.45, 2.75) is 45.8 Å². The maximum Gasteiger partial charge on any atom is 0.417 e. The largest absolute Gasteiger partial charge is 0.478 e. The lowest BCUT2D eigenvalue weighted by Crippen LogP contribution is -2.19. The van der Waals surface area contributed by atoms with Crippen molar-refractivity contribution in [3.63, 3.8) is 0 Å². The van der Waals surface area contributed by atoms with E-state index in [1.807, 2.05) is 6.92 Å². The molecule has 0 saturated heterocycles. The summed E-state index contributed by atoms with van der Waals surface area (Å²) in [6.07, 6.45) is -2.86. The fourth-order valence-corrected chi connectivity index (χ4v) is 2.17. The SMILES string of the molecule is CCC(C)CC(C)Nc1ccc(C(=O)O)c(C(F)(F)F)c1. The van der Waals surface area contributed by atoms with E-state index in [0.717, 1.165) is 25.0 Å². The highest BCUT2D eigenvalue weighted by Crippen LogP contribution is 2.34. The number of rotatable bonds is 6. The summed E-state index contributed by atoms with van der Waals surface area (Å²) in [7, 11) is 0. The van der Waals surface area contributed by atoms with E-state index in [1.165, 1.54) is 6.07 Å². The zero-order chi connectivity index (χ0) is 16.2. The molecule has 21 heavy (non-hydrogen) atoms. The molecule has 0 saturated carbocycles. The van der Waals surface area contributed by atoms with Crippen LogP contribution in [0.1, 0.15) is 49.5 Å². The van der Waals surface area contributed by atoms with E-state index < -0.39 is 23.3 Å². The van der Waals surface area contributed by atoms with Crippen molar-refractivity contribution >= 4 is 11.7 Å². The number of anilines is 1. The average molecular weight is 303 g/mol. The van der Waals surface area contributed by atoms with Crippen LogP contribution in [0.15, 0.2) is 18.2 Å². The summed E-state index contributed by atoms with van der Waals surface area (Å²) >= 11 is 0. The molecule has 1 aromatic rings. The number of nitrogens with one attached hydrogen (secondary N) is 1. The molecule has 0 bridgehead atoms.